The molecular formula is C102H142N2O6. The molecule has 0 bridgehead atoms. The number of hydrogen-bond acceptors (Lipinski definition) is 8. The molecule has 0 heterocycles. The van der Waals surface area contributed by atoms with Gasteiger partial charge in [-0.1, -0.05) is 346 Å². The van der Waals surface area contributed by atoms with Crippen LogP contribution in [0.4, 0.5) is 17.1 Å². The highest BCUT2D eigenvalue weighted by Gasteiger charge is 2.36. The Kier molecular flexibility index (Phi) is 23.9. The zero-order chi connectivity index (χ0) is 83.4. The number of rotatable bonds is 15. The van der Waals surface area contributed by atoms with Gasteiger partial charge in [0.05, 0.1) is 0 Å². The Morgan fingerprint density at radius 1 is 0.209 bits per heavy atom. The first-order valence-electron chi connectivity index (χ1n) is 40.5. The molecule has 110 heavy (non-hydrogen) atoms. The van der Waals surface area contributed by atoms with Crippen LogP contribution in [0.3, 0.4) is 0 Å². The van der Waals surface area contributed by atoms with E-state index >= 15 is 0 Å². The molecule has 0 fully saturated rings. The van der Waals surface area contributed by atoms with Gasteiger partial charge >= 0.3 is 0 Å². The summed E-state index contributed by atoms with van der Waals surface area (Å²) in [7, 11) is 0. The van der Waals surface area contributed by atoms with Crippen LogP contribution in [0.25, 0.3) is 0 Å². The smallest absolute Gasteiger partial charge is 0.123 e. The zero-order valence-corrected chi connectivity index (χ0v) is 75.1. The highest BCUT2D eigenvalue weighted by atomic mass is 16.3. The quantitative estimate of drug-likeness (QED) is 0.0561. The predicted molar refractivity (Wildman–Crippen MR) is 470 cm³/mol. The van der Waals surface area contributed by atoms with Crippen LogP contribution in [0.15, 0.2) is 102 Å². The van der Waals surface area contributed by atoms with Crippen molar-refractivity contribution in [3.8, 4) is 28.7 Å². The third-order valence-electron chi connectivity index (χ3n) is 22.2. The van der Waals surface area contributed by atoms with Gasteiger partial charge in [0.2, 0.25) is 0 Å². The van der Waals surface area contributed by atoms with Crippen LogP contribution < -0.4 is 5.32 Å². The maximum absolute atomic E-state index is 13.4. The summed E-state index contributed by atoms with van der Waals surface area (Å²) in [6.45, 7) is 78.2. The molecule has 0 amide bonds. The Bertz CT molecular complexity index is 4470. The van der Waals surface area contributed by atoms with Crippen LogP contribution in [-0.4, -0.2) is 25.5 Å². The summed E-state index contributed by atoms with van der Waals surface area (Å²) < 4.78 is 0. The zero-order valence-electron chi connectivity index (χ0n) is 75.1. The van der Waals surface area contributed by atoms with Gasteiger partial charge in [0, 0.05) is 11.4 Å². The summed E-state index contributed by atoms with van der Waals surface area (Å²) >= 11 is 0. The Labute approximate surface area is 666 Å². The summed E-state index contributed by atoms with van der Waals surface area (Å²) in [4.78, 5) is 13.4. The average molecular weight is 1490 g/mol. The van der Waals surface area contributed by atoms with E-state index in [0.29, 0.717) is 73.0 Å². The molecule has 0 aromatic heterocycles. The van der Waals surface area contributed by atoms with Crippen molar-refractivity contribution in [1.82, 2.24) is 0 Å². The Balaban J connectivity index is 1.66. The molecule has 0 aliphatic heterocycles. The highest BCUT2D eigenvalue weighted by Crippen LogP contribution is 2.50. The van der Waals surface area contributed by atoms with Crippen LogP contribution in [0.2, 0.25) is 0 Å². The van der Waals surface area contributed by atoms with Gasteiger partial charge in [-0.25, -0.2) is 0 Å². The number of anilines is 2. The van der Waals surface area contributed by atoms with Crippen LogP contribution in [0, 0.1) is 4.91 Å². The fourth-order valence-electron chi connectivity index (χ4n) is 16.0. The molecule has 8 aromatic carbocycles. The molecule has 8 rings (SSSR count). The summed E-state index contributed by atoms with van der Waals surface area (Å²) in [6, 6.07) is 36.3. The first-order chi connectivity index (χ1) is 49.6. The van der Waals surface area contributed by atoms with Crippen LogP contribution in [0.1, 0.15) is 383 Å². The third-order valence-corrected chi connectivity index (χ3v) is 22.2. The number of nitroso groups, excluding NO2 is 1. The number of nitrogens with one attached hydrogen (secondary N) is 1. The molecule has 596 valence electrons. The normalized spacial score (nSPS) is 13.5. The van der Waals surface area contributed by atoms with Gasteiger partial charge in [-0.3, -0.25) is 0 Å². The van der Waals surface area contributed by atoms with Gasteiger partial charge in [0.1, 0.15) is 34.4 Å². The predicted octanol–water partition coefficient (Wildman–Crippen LogP) is 27.5. The number of aromatic hydroxyl groups is 5. The molecular weight excluding hydrogens is 1350 g/mol. The SMILES string of the molecule is CC(C)(C)c1cc(Cc2cc(Cc3cc(C(C)(C)C)c(O)c(C(C)(C)C)c3)c(Nc3c(Cc4cc(C(C)(C)C)c(O)c(C(C)(C)C)c4)cc(Cc4cc(C(C)(C)C)c(O)c(C(C)(C)C)c4)cc3Cc3cc(C(C)(C)C)c(N=O)c(C(C)(C)C)c3)c(Cc3cc(C(C)(C)C)c(O)c(C(C)(C)C)c3)c2)cc(C(C)(C)C)c1O. The van der Waals surface area contributed by atoms with E-state index in [9.17, 15) is 30.4 Å². The number of phenolic OH excluding ortho intramolecular Hbond substituents is 5. The number of benzene rings is 8. The van der Waals surface area contributed by atoms with Gasteiger partial charge in [0.25, 0.3) is 0 Å². The van der Waals surface area contributed by atoms with Crippen molar-refractivity contribution < 1.29 is 25.5 Å². The molecule has 8 aromatic rings. The molecule has 8 nitrogen and oxygen atoms in total. The fourth-order valence-corrected chi connectivity index (χ4v) is 16.0. The average Bonchev–Trinajstić information content (AvgIpc) is 0.769. The van der Waals surface area contributed by atoms with Gasteiger partial charge in [0.15, 0.2) is 0 Å². The topological polar surface area (TPSA) is 143 Å². The lowest BCUT2D eigenvalue weighted by Gasteiger charge is -2.30. The first-order valence-corrected chi connectivity index (χ1v) is 40.5. The second-order valence-electron chi connectivity index (χ2n) is 45.1. The molecule has 0 saturated carbocycles. The Hall–Kier alpha value is -7.84. The molecule has 0 saturated heterocycles. The minimum atomic E-state index is -0.452. The van der Waals surface area contributed by atoms with E-state index in [1.807, 2.05) is 0 Å². The summed E-state index contributed by atoms with van der Waals surface area (Å²) in [6.07, 6.45) is 2.99. The van der Waals surface area contributed by atoms with Crippen molar-refractivity contribution >= 4 is 17.1 Å². The van der Waals surface area contributed by atoms with Crippen LogP contribution in [0.5, 0.6) is 28.7 Å². The van der Waals surface area contributed by atoms with Crippen molar-refractivity contribution in [2.24, 2.45) is 5.18 Å². The monoisotopic (exact) mass is 1490 g/mol. The molecule has 0 unspecified atom stereocenters. The number of phenols is 5. The minimum absolute atomic E-state index is 0.318. The molecule has 6 N–H and O–H groups in total. The molecule has 0 aliphatic carbocycles. The summed E-state index contributed by atoms with van der Waals surface area (Å²) in [5.41, 5.74) is 20.9. The van der Waals surface area contributed by atoms with E-state index < -0.39 is 43.3 Å². The molecule has 0 radical (unpaired) electrons. The first kappa shape index (κ1) is 87.7. The molecule has 8 heteroatoms. The second-order valence-corrected chi connectivity index (χ2v) is 45.1. The standard InChI is InChI=1S/C102H142N2O6/c1-91(2,3)71-47-63(48-72(85(71)104-110)92(4,5)6)43-67-39-59(37-61-49-73(93(7,8)9)86(105)74(50-61)94(10,11)12)40-68(44-64-53-77(97(19,20)21)88(107)78(54-64)98(22,23)24)83(67)103-84-69(45-65-55-79(99(25,26)27)89(108)80(56-65)100(28,29)30)41-60(38-62-51-75(95(13,14)15)87(106)76(52-62)96(16,17)18)42-70(84)46-66-57-81(101(31,32)33)90(109)82(58-66)102(34,35)36/h39-42,47-58,103,105-109H,37-38,43-46H2,1-36H3. The van der Waals surface area contributed by atoms with Gasteiger partial charge in [-0.05, 0) is 242 Å². The number of nitrogens with zero attached hydrogens (tertiary/aromatic N) is 1. The molecule has 0 spiro atoms. The van der Waals surface area contributed by atoms with Crippen molar-refractivity contribution in [2.45, 2.75) is 353 Å². The molecule has 0 aliphatic rings. The highest BCUT2D eigenvalue weighted by molar-refractivity contribution is 5.76. The van der Waals surface area contributed by atoms with E-state index in [4.69, 9.17) is 0 Å². The van der Waals surface area contributed by atoms with E-state index in [2.05, 4.69) is 357 Å². The fraction of sp³-hybridized carbons (Fsp3) is 0.529. The van der Waals surface area contributed by atoms with E-state index in [-0.39, 0.29) is 21.7 Å². The van der Waals surface area contributed by atoms with Crippen molar-refractivity contribution in [1.29, 1.82) is 0 Å². The minimum Gasteiger partial charge on any atom is -0.507 e. The van der Waals surface area contributed by atoms with Gasteiger partial charge < -0.3 is 30.8 Å². The van der Waals surface area contributed by atoms with Crippen LogP contribution in [-0.2, 0) is 104 Å². The Morgan fingerprint density at radius 2 is 0.336 bits per heavy atom. The van der Waals surface area contributed by atoms with Crippen LogP contribution >= 0.6 is 0 Å². The lowest BCUT2D eigenvalue weighted by atomic mass is 9.76. The van der Waals surface area contributed by atoms with Crippen molar-refractivity contribution in [2.75, 3.05) is 5.32 Å². The Morgan fingerprint density at radius 3 is 0.473 bits per heavy atom. The lowest BCUT2D eigenvalue weighted by molar-refractivity contribution is 0.422. The van der Waals surface area contributed by atoms with E-state index in [0.717, 1.165) is 145 Å². The molecule has 0 atom stereocenters. The largest absolute Gasteiger partial charge is 0.507 e. The van der Waals surface area contributed by atoms with Gasteiger partial charge in [-0.2, -0.15) is 0 Å². The van der Waals surface area contributed by atoms with E-state index in [1.54, 1.807) is 0 Å². The maximum atomic E-state index is 13.4. The maximum Gasteiger partial charge on any atom is 0.123 e. The third kappa shape index (κ3) is 20.0. The second kappa shape index (κ2) is 29.9. The van der Waals surface area contributed by atoms with E-state index in [1.165, 1.54) is 0 Å². The summed E-state index contributed by atoms with van der Waals surface area (Å²) in [5.74, 6) is 1.63. The van der Waals surface area contributed by atoms with Gasteiger partial charge in [-0.15, -0.1) is 4.91 Å². The van der Waals surface area contributed by atoms with Crippen molar-refractivity contribution in [3.63, 3.8) is 0 Å². The summed E-state index contributed by atoms with van der Waals surface area (Å²) in [5, 5.41) is 70.4. The van der Waals surface area contributed by atoms with Crippen molar-refractivity contribution in [3.05, 3.63) is 235 Å². The lowest BCUT2D eigenvalue weighted by Crippen LogP contribution is -2.19. The number of hydrogen-bond donors (Lipinski definition) is 6.